The molecule has 35 heavy (non-hydrogen) atoms. The second-order valence-electron chi connectivity index (χ2n) is 8.49. The summed E-state index contributed by atoms with van der Waals surface area (Å²) < 4.78 is 10.3. The number of benzene rings is 2. The van der Waals surface area contributed by atoms with Gasteiger partial charge >= 0.3 is 5.97 Å². The molecule has 2 heterocycles. The SMILES string of the molecule is O=C(OCC(=O)N1N=C2C(=Cc3ccc(Cl)cc3)CCCC2C1c1ccc(Cl)cc1)c1ccco1. The lowest BCUT2D eigenvalue weighted by atomic mass is 9.77. The van der Waals surface area contributed by atoms with E-state index in [0.717, 1.165) is 41.7 Å². The Hall–Kier alpha value is -3.35. The summed E-state index contributed by atoms with van der Waals surface area (Å²) >= 11 is 12.2. The highest BCUT2D eigenvalue weighted by Gasteiger charge is 2.43. The summed E-state index contributed by atoms with van der Waals surface area (Å²) in [5.74, 6) is -1.04. The molecule has 1 aromatic heterocycles. The van der Waals surface area contributed by atoms with Crippen LogP contribution in [0.1, 0.15) is 47.0 Å². The summed E-state index contributed by atoms with van der Waals surface area (Å²) in [6.45, 7) is -0.441. The van der Waals surface area contributed by atoms with Gasteiger partial charge in [0.2, 0.25) is 5.76 Å². The first-order chi connectivity index (χ1) is 17.0. The second-order valence-corrected chi connectivity index (χ2v) is 9.37. The van der Waals surface area contributed by atoms with Crippen LogP contribution in [0.2, 0.25) is 10.0 Å². The third kappa shape index (κ3) is 5.04. The molecule has 1 aliphatic carbocycles. The summed E-state index contributed by atoms with van der Waals surface area (Å²) in [6.07, 6.45) is 6.20. The van der Waals surface area contributed by atoms with Gasteiger partial charge in [0.1, 0.15) is 0 Å². The molecule has 5 rings (SSSR count). The molecule has 6 nitrogen and oxygen atoms in total. The second kappa shape index (κ2) is 10.1. The predicted octanol–water partition coefficient (Wildman–Crippen LogP) is 6.57. The van der Waals surface area contributed by atoms with Crippen molar-refractivity contribution in [2.45, 2.75) is 25.3 Å². The van der Waals surface area contributed by atoms with Crippen LogP contribution in [0, 0.1) is 5.92 Å². The summed E-state index contributed by atoms with van der Waals surface area (Å²) in [7, 11) is 0. The molecule has 2 aliphatic rings. The van der Waals surface area contributed by atoms with E-state index in [-0.39, 0.29) is 17.7 Å². The highest BCUT2D eigenvalue weighted by atomic mass is 35.5. The van der Waals surface area contributed by atoms with Crippen LogP contribution in [-0.4, -0.2) is 29.2 Å². The Balaban J connectivity index is 1.45. The molecule has 1 aliphatic heterocycles. The lowest BCUT2D eigenvalue weighted by Gasteiger charge is -2.29. The number of carbonyl (C=O) groups excluding carboxylic acids is 2. The predicted molar refractivity (Wildman–Crippen MR) is 134 cm³/mol. The smallest absolute Gasteiger partial charge is 0.374 e. The summed E-state index contributed by atoms with van der Waals surface area (Å²) in [4.78, 5) is 25.5. The third-order valence-corrected chi connectivity index (χ3v) is 6.73. The van der Waals surface area contributed by atoms with Crippen LogP contribution in [0.25, 0.3) is 6.08 Å². The van der Waals surface area contributed by atoms with E-state index < -0.39 is 18.5 Å². The van der Waals surface area contributed by atoms with Crippen molar-refractivity contribution in [3.8, 4) is 0 Å². The zero-order valence-corrected chi connectivity index (χ0v) is 20.2. The number of fused-ring (bicyclic) bond motifs is 1. The normalized spacial score (nSPS) is 20.5. The summed E-state index contributed by atoms with van der Waals surface area (Å²) in [5, 5.41) is 7.53. The summed E-state index contributed by atoms with van der Waals surface area (Å²) in [6, 6.07) is 17.8. The van der Waals surface area contributed by atoms with Crippen LogP contribution in [0.3, 0.4) is 0 Å². The molecule has 1 fully saturated rings. The standard InChI is InChI=1S/C27H22Cl2N2O4/c28-20-10-6-17(7-11-20)15-19-3-1-4-22-25(19)30-31(26(22)18-8-12-21(29)13-9-18)24(32)16-35-27(33)23-5-2-14-34-23/h2,5-15,22,26H,1,3-4,16H2. The fraction of sp³-hybridized carbons (Fsp3) is 0.222. The maximum atomic E-state index is 13.3. The minimum Gasteiger partial charge on any atom is -0.457 e. The molecule has 0 spiro atoms. The average molecular weight is 509 g/mol. The number of carbonyl (C=O) groups is 2. The number of halogens is 2. The van der Waals surface area contributed by atoms with E-state index in [4.69, 9.17) is 37.5 Å². The Bertz CT molecular complexity index is 1280. The van der Waals surface area contributed by atoms with Gasteiger partial charge in [-0.2, -0.15) is 5.10 Å². The number of hydrazone groups is 1. The maximum absolute atomic E-state index is 13.3. The number of esters is 1. The fourth-order valence-electron chi connectivity index (χ4n) is 4.62. The number of hydrogen-bond donors (Lipinski definition) is 0. The van der Waals surface area contributed by atoms with Crippen molar-refractivity contribution >= 4 is 46.9 Å². The van der Waals surface area contributed by atoms with Crippen molar-refractivity contribution in [1.82, 2.24) is 5.01 Å². The van der Waals surface area contributed by atoms with Crippen LogP contribution in [0.5, 0.6) is 0 Å². The first-order valence-corrected chi connectivity index (χ1v) is 12.1. The highest BCUT2D eigenvalue weighted by Crippen LogP contribution is 2.44. The Morgan fingerprint density at radius 1 is 1.06 bits per heavy atom. The minimum absolute atomic E-state index is 0.0215. The molecule has 0 saturated heterocycles. The molecule has 1 saturated carbocycles. The van der Waals surface area contributed by atoms with Crippen LogP contribution < -0.4 is 0 Å². The van der Waals surface area contributed by atoms with E-state index >= 15 is 0 Å². The molecule has 2 atom stereocenters. The van der Waals surface area contributed by atoms with Gasteiger partial charge in [0.05, 0.1) is 18.0 Å². The van der Waals surface area contributed by atoms with Gasteiger partial charge in [0, 0.05) is 16.0 Å². The highest BCUT2D eigenvalue weighted by molar-refractivity contribution is 6.30. The van der Waals surface area contributed by atoms with Crippen molar-refractivity contribution in [1.29, 1.82) is 0 Å². The number of hydrogen-bond acceptors (Lipinski definition) is 5. The molecule has 3 aromatic rings. The topological polar surface area (TPSA) is 72.1 Å². The zero-order chi connectivity index (χ0) is 24.4. The zero-order valence-electron chi connectivity index (χ0n) is 18.7. The lowest BCUT2D eigenvalue weighted by Crippen LogP contribution is -2.34. The van der Waals surface area contributed by atoms with Crippen molar-refractivity contribution in [2.75, 3.05) is 6.61 Å². The monoisotopic (exact) mass is 508 g/mol. The Morgan fingerprint density at radius 3 is 2.46 bits per heavy atom. The molecular formula is C27H22Cl2N2O4. The van der Waals surface area contributed by atoms with Gasteiger partial charge in [-0.3, -0.25) is 4.79 Å². The van der Waals surface area contributed by atoms with E-state index in [2.05, 4.69) is 6.08 Å². The molecule has 178 valence electrons. The molecule has 8 heteroatoms. The maximum Gasteiger partial charge on any atom is 0.374 e. The Labute approximate surface area is 212 Å². The first kappa shape index (κ1) is 23.4. The van der Waals surface area contributed by atoms with Gasteiger partial charge in [-0.05, 0) is 78.4 Å². The van der Waals surface area contributed by atoms with Crippen molar-refractivity contribution in [3.63, 3.8) is 0 Å². The van der Waals surface area contributed by atoms with E-state index in [1.165, 1.54) is 17.3 Å². The van der Waals surface area contributed by atoms with Crippen molar-refractivity contribution in [3.05, 3.63) is 99.4 Å². The number of allylic oxidation sites excluding steroid dienone is 1. The van der Waals surface area contributed by atoms with Crippen LogP contribution in [0.4, 0.5) is 0 Å². The van der Waals surface area contributed by atoms with Crippen molar-refractivity contribution in [2.24, 2.45) is 11.0 Å². The average Bonchev–Trinajstić information content (AvgIpc) is 3.53. The van der Waals surface area contributed by atoms with Gasteiger partial charge < -0.3 is 9.15 Å². The minimum atomic E-state index is -0.695. The van der Waals surface area contributed by atoms with Crippen molar-refractivity contribution < 1.29 is 18.7 Å². The molecule has 0 radical (unpaired) electrons. The molecule has 0 N–H and O–H groups in total. The Morgan fingerprint density at radius 2 is 1.77 bits per heavy atom. The molecule has 2 aromatic carbocycles. The fourth-order valence-corrected chi connectivity index (χ4v) is 4.87. The lowest BCUT2D eigenvalue weighted by molar-refractivity contribution is -0.137. The number of rotatable bonds is 5. The van der Waals surface area contributed by atoms with E-state index in [0.29, 0.717) is 10.0 Å². The van der Waals surface area contributed by atoms with E-state index in [9.17, 15) is 9.59 Å². The largest absolute Gasteiger partial charge is 0.457 e. The quantitative estimate of drug-likeness (QED) is 0.365. The number of ether oxygens (including phenoxy) is 1. The molecule has 2 unspecified atom stereocenters. The van der Waals surface area contributed by atoms with Gasteiger partial charge in [0.25, 0.3) is 5.91 Å². The number of amides is 1. The van der Waals surface area contributed by atoms with Gasteiger partial charge in [0.15, 0.2) is 6.61 Å². The molecule has 0 bridgehead atoms. The molecule has 1 amide bonds. The van der Waals surface area contributed by atoms with Gasteiger partial charge in [-0.25, -0.2) is 9.80 Å². The van der Waals surface area contributed by atoms with Crippen LogP contribution >= 0.6 is 23.2 Å². The first-order valence-electron chi connectivity index (χ1n) is 11.3. The van der Waals surface area contributed by atoms with E-state index in [1.807, 2.05) is 48.5 Å². The van der Waals surface area contributed by atoms with Gasteiger partial charge in [-0.1, -0.05) is 47.5 Å². The van der Waals surface area contributed by atoms with E-state index in [1.54, 1.807) is 6.07 Å². The third-order valence-electron chi connectivity index (χ3n) is 6.23. The van der Waals surface area contributed by atoms with Gasteiger partial charge in [-0.15, -0.1) is 0 Å². The van der Waals surface area contributed by atoms with Crippen LogP contribution in [0.15, 0.2) is 82.0 Å². The number of furan rings is 1. The number of nitrogens with zero attached hydrogens (tertiary/aromatic N) is 2. The van der Waals surface area contributed by atoms with Crippen LogP contribution in [-0.2, 0) is 9.53 Å². The summed E-state index contributed by atoms with van der Waals surface area (Å²) in [5.41, 5.74) is 3.92. The Kier molecular flexibility index (Phi) is 6.75. The molecular weight excluding hydrogens is 487 g/mol.